The molecular formula is C9H10BrN3O2S. The molecule has 0 radical (unpaired) electrons. The second kappa shape index (κ2) is 5.66. The highest BCUT2D eigenvalue weighted by atomic mass is 79.9. The molecule has 0 fully saturated rings. The fourth-order valence-corrected chi connectivity index (χ4v) is 1.51. The van der Waals surface area contributed by atoms with Crippen LogP contribution in [0.5, 0.6) is 11.5 Å². The highest BCUT2D eigenvalue weighted by Gasteiger charge is 2.07. The molecule has 5 nitrogen and oxygen atoms in total. The molecule has 0 spiro atoms. The topological polar surface area (TPSA) is 79.9 Å². The van der Waals surface area contributed by atoms with Gasteiger partial charge in [-0.05, 0) is 45.8 Å². The lowest BCUT2D eigenvalue weighted by Gasteiger charge is -2.06. The van der Waals surface area contributed by atoms with Gasteiger partial charge >= 0.3 is 0 Å². The van der Waals surface area contributed by atoms with Crippen molar-refractivity contribution < 1.29 is 9.84 Å². The van der Waals surface area contributed by atoms with E-state index in [9.17, 15) is 5.11 Å². The van der Waals surface area contributed by atoms with Crippen LogP contribution in [0, 0.1) is 0 Å². The van der Waals surface area contributed by atoms with Crippen LogP contribution in [0.25, 0.3) is 0 Å². The Morgan fingerprint density at radius 2 is 2.38 bits per heavy atom. The Hall–Kier alpha value is -1.34. The Morgan fingerprint density at radius 3 is 2.94 bits per heavy atom. The summed E-state index contributed by atoms with van der Waals surface area (Å²) in [5.74, 6) is 0.396. The first-order valence-electron chi connectivity index (χ1n) is 4.19. The van der Waals surface area contributed by atoms with E-state index in [-0.39, 0.29) is 10.9 Å². The summed E-state index contributed by atoms with van der Waals surface area (Å²) in [5, 5.41) is 13.4. The summed E-state index contributed by atoms with van der Waals surface area (Å²) in [6.07, 6.45) is 1.51. The third-order valence-electron chi connectivity index (χ3n) is 1.66. The number of nitrogens with one attached hydrogen (secondary N) is 1. The van der Waals surface area contributed by atoms with Gasteiger partial charge in [0.1, 0.15) is 0 Å². The van der Waals surface area contributed by atoms with Gasteiger partial charge in [0, 0.05) is 0 Å². The molecule has 7 heteroatoms. The van der Waals surface area contributed by atoms with Crippen LogP contribution < -0.4 is 15.9 Å². The van der Waals surface area contributed by atoms with Gasteiger partial charge < -0.3 is 15.6 Å². The maximum Gasteiger partial charge on any atom is 0.184 e. The van der Waals surface area contributed by atoms with Crippen molar-refractivity contribution in [2.75, 3.05) is 7.11 Å². The molecule has 0 amide bonds. The number of phenolic OH excluding ortho intramolecular Hbond substituents is 1. The molecule has 0 atom stereocenters. The number of ether oxygens (including phenoxy) is 1. The number of hydrazone groups is 1. The Labute approximate surface area is 106 Å². The van der Waals surface area contributed by atoms with E-state index in [0.717, 1.165) is 5.56 Å². The molecule has 1 rings (SSSR count). The molecule has 86 valence electrons. The molecular weight excluding hydrogens is 294 g/mol. The lowest BCUT2D eigenvalue weighted by Crippen LogP contribution is -2.23. The smallest absolute Gasteiger partial charge is 0.184 e. The molecule has 0 saturated carbocycles. The summed E-state index contributed by atoms with van der Waals surface area (Å²) in [6, 6.07) is 3.31. The minimum Gasteiger partial charge on any atom is -0.503 e. The van der Waals surface area contributed by atoms with Crippen LogP contribution in [-0.2, 0) is 0 Å². The van der Waals surface area contributed by atoms with E-state index in [0.29, 0.717) is 10.2 Å². The predicted molar refractivity (Wildman–Crippen MR) is 69.9 cm³/mol. The first-order chi connectivity index (χ1) is 7.54. The highest BCUT2D eigenvalue weighted by molar-refractivity contribution is 9.10. The van der Waals surface area contributed by atoms with Crippen molar-refractivity contribution in [2.45, 2.75) is 0 Å². The number of hydrogen-bond donors (Lipinski definition) is 3. The molecule has 0 unspecified atom stereocenters. The predicted octanol–water partition coefficient (Wildman–Crippen LogP) is 1.33. The lowest BCUT2D eigenvalue weighted by molar-refractivity contribution is 0.372. The maximum atomic E-state index is 9.56. The number of phenols is 1. The quantitative estimate of drug-likeness (QED) is 0.446. The van der Waals surface area contributed by atoms with Gasteiger partial charge in [-0.1, -0.05) is 0 Å². The van der Waals surface area contributed by atoms with E-state index >= 15 is 0 Å². The zero-order valence-electron chi connectivity index (χ0n) is 8.40. The highest BCUT2D eigenvalue weighted by Crippen LogP contribution is 2.34. The van der Waals surface area contributed by atoms with Crippen LogP contribution in [0.1, 0.15) is 5.56 Å². The second-order valence-corrected chi connectivity index (χ2v) is 4.08. The van der Waals surface area contributed by atoms with Crippen molar-refractivity contribution in [3.63, 3.8) is 0 Å². The van der Waals surface area contributed by atoms with Gasteiger partial charge in [0.25, 0.3) is 0 Å². The number of halogens is 1. The van der Waals surface area contributed by atoms with Crippen LogP contribution in [-0.4, -0.2) is 23.5 Å². The van der Waals surface area contributed by atoms with E-state index in [4.69, 9.17) is 10.5 Å². The maximum absolute atomic E-state index is 9.56. The van der Waals surface area contributed by atoms with Gasteiger partial charge in [0.2, 0.25) is 0 Å². The molecule has 0 saturated heterocycles. The molecule has 0 heterocycles. The monoisotopic (exact) mass is 303 g/mol. The number of nitrogens with zero attached hydrogens (tertiary/aromatic N) is 1. The summed E-state index contributed by atoms with van der Waals surface area (Å²) in [4.78, 5) is 0. The van der Waals surface area contributed by atoms with E-state index < -0.39 is 0 Å². The Kier molecular flexibility index (Phi) is 4.51. The third kappa shape index (κ3) is 3.35. The second-order valence-electron chi connectivity index (χ2n) is 2.79. The zero-order chi connectivity index (χ0) is 12.1. The van der Waals surface area contributed by atoms with Crippen molar-refractivity contribution in [3.8, 4) is 11.5 Å². The molecule has 4 N–H and O–H groups in total. The number of nitrogens with two attached hydrogens (primary N) is 1. The standard InChI is InChI=1S/C9H10BrN3O2S/c1-15-7-3-5(2-6(10)8(7)14)4-12-13-9(11)16/h2-4,14H,1H3,(H3,11,13,16)/b12-4-. The van der Waals surface area contributed by atoms with Gasteiger partial charge in [-0.2, -0.15) is 5.10 Å². The summed E-state index contributed by atoms with van der Waals surface area (Å²) in [7, 11) is 1.47. The SMILES string of the molecule is COc1cc(/C=N\NC(N)=S)cc(Br)c1O. The van der Waals surface area contributed by atoms with Gasteiger partial charge in [-0.25, -0.2) is 0 Å². The number of methoxy groups -OCH3 is 1. The van der Waals surface area contributed by atoms with Crippen LogP contribution in [0.2, 0.25) is 0 Å². The molecule has 16 heavy (non-hydrogen) atoms. The van der Waals surface area contributed by atoms with E-state index in [1.54, 1.807) is 12.1 Å². The largest absolute Gasteiger partial charge is 0.503 e. The third-order valence-corrected chi connectivity index (χ3v) is 2.35. The van der Waals surface area contributed by atoms with Gasteiger partial charge in [-0.15, -0.1) is 0 Å². The zero-order valence-corrected chi connectivity index (χ0v) is 10.8. The molecule has 0 bridgehead atoms. The minimum atomic E-state index is 0.0435. The number of thiocarbonyl (C=S) groups is 1. The van der Waals surface area contributed by atoms with Crippen LogP contribution >= 0.6 is 28.1 Å². The van der Waals surface area contributed by atoms with Crippen LogP contribution in [0.4, 0.5) is 0 Å². The number of benzene rings is 1. The Bertz CT molecular complexity index is 437. The molecule has 0 aliphatic carbocycles. The van der Waals surface area contributed by atoms with Crippen LogP contribution in [0.15, 0.2) is 21.7 Å². The molecule has 0 aliphatic rings. The van der Waals surface area contributed by atoms with Crippen molar-refractivity contribution in [1.29, 1.82) is 0 Å². The summed E-state index contributed by atoms with van der Waals surface area (Å²) in [5.41, 5.74) is 8.35. The number of hydrogen-bond acceptors (Lipinski definition) is 4. The minimum absolute atomic E-state index is 0.0435. The first kappa shape index (κ1) is 12.7. The average Bonchev–Trinajstić information content (AvgIpc) is 2.22. The fraction of sp³-hybridized carbons (Fsp3) is 0.111. The summed E-state index contributed by atoms with van der Waals surface area (Å²) >= 11 is 7.78. The van der Waals surface area contributed by atoms with Crippen molar-refractivity contribution in [1.82, 2.24) is 5.43 Å². The average molecular weight is 304 g/mol. The summed E-state index contributed by atoms with van der Waals surface area (Å²) in [6.45, 7) is 0. The molecule has 1 aromatic carbocycles. The Balaban J connectivity index is 2.93. The number of rotatable bonds is 3. The van der Waals surface area contributed by atoms with Crippen molar-refractivity contribution >= 4 is 39.5 Å². The van der Waals surface area contributed by atoms with Gasteiger partial charge in [0.05, 0.1) is 17.8 Å². The van der Waals surface area contributed by atoms with E-state index in [1.807, 2.05) is 0 Å². The molecule has 1 aromatic rings. The van der Waals surface area contributed by atoms with E-state index in [2.05, 4.69) is 38.7 Å². The number of aromatic hydroxyl groups is 1. The van der Waals surface area contributed by atoms with E-state index in [1.165, 1.54) is 13.3 Å². The Morgan fingerprint density at radius 1 is 1.69 bits per heavy atom. The van der Waals surface area contributed by atoms with Gasteiger partial charge in [0.15, 0.2) is 16.6 Å². The molecule has 0 aliphatic heterocycles. The van der Waals surface area contributed by atoms with Gasteiger partial charge in [-0.3, -0.25) is 5.43 Å². The van der Waals surface area contributed by atoms with Crippen molar-refractivity contribution in [2.24, 2.45) is 10.8 Å². The fourth-order valence-electron chi connectivity index (χ4n) is 0.994. The van der Waals surface area contributed by atoms with Crippen LogP contribution in [0.3, 0.4) is 0 Å². The lowest BCUT2D eigenvalue weighted by atomic mass is 10.2. The summed E-state index contributed by atoms with van der Waals surface area (Å²) < 4.78 is 5.50. The molecule has 0 aromatic heterocycles. The first-order valence-corrected chi connectivity index (χ1v) is 5.39. The van der Waals surface area contributed by atoms with Crippen molar-refractivity contribution in [3.05, 3.63) is 22.2 Å². The normalized spacial score (nSPS) is 10.4.